The van der Waals surface area contributed by atoms with E-state index in [2.05, 4.69) is 52.8 Å². The quantitative estimate of drug-likeness (QED) is 0.271. The summed E-state index contributed by atoms with van der Waals surface area (Å²) in [5.41, 5.74) is 12.5. The second kappa shape index (κ2) is 9.58. The Hall–Kier alpha value is -3.44. The van der Waals surface area contributed by atoms with Gasteiger partial charge in [0.05, 0.1) is 14.2 Å². The fraction of sp³-hybridized carbons (Fsp3) is 0.231. The van der Waals surface area contributed by atoms with Gasteiger partial charge in [-0.25, -0.2) is 0 Å². The molecule has 0 fully saturated rings. The number of rotatable bonds is 9. The number of fused-ring (bicyclic) bond motifs is 1. The highest BCUT2D eigenvalue weighted by Crippen LogP contribution is 2.36. The number of aromatic nitrogens is 1. The summed E-state index contributed by atoms with van der Waals surface area (Å²) in [6.07, 6.45) is 1.91. The zero-order valence-electron chi connectivity index (χ0n) is 18.1. The van der Waals surface area contributed by atoms with Crippen molar-refractivity contribution in [3.05, 3.63) is 77.9 Å². The summed E-state index contributed by atoms with van der Waals surface area (Å²) >= 11 is 0. The fourth-order valence-electron chi connectivity index (χ4n) is 3.95. The molecule has 31 heavy (non-hydrogen) atoms. The normalized spacial score (nSPS) is 11.0. The van der Waals surface area contributed by atoms with Crippen LogP contribution in [0.3, 0.4) is 0 Å². The van der Waals surface area contributed by atoms with Crippen molar-refractivity contribution < 1.29 is 9.47 Å². The molecule has 4 N–H and O–H groups in total. The van der Waals surface area contributed by atoms with Crippen LogP contribution >= 0.6 is 0 Å². The molecule has 5 nitrogen and oxygen atoms in total. The molecule has 0 radical (unpaired) electrons. The smallest absolute Gasteiger partial charge is 0.161 e. The van der Waals surface area contributed by atoms with E-state index < -0.39 is 0 Å². The zero-order valence-corrected chi connectivity index (χ0v) is 18.1. The van der Waals surface area contributed by atoms with Gasteiger partial charge in [-0.2, -0.15) is 0 Å². The topological polar surface area (TPSA) is 72.3 Å². The number of nitrogens with one attached hydrogen (secondary N) is 2. The number of hydrogen-bond donors (Lipinski definition) is 3. The van der Waals surface area contributed by atoms with Crippen molar-refractivity contribution in [3.63, 3.8) is 0 Å². The van der Waals surface area contributed by atoms with Gasteiger partial charge in [0.2, 0.25) is 0 Å². The molecule has 1 heterocycles. The van der Waals surface area contributed by atoms with Gasteiger partial charge in [-0.1, -0.05) is 30.3 Å². The third-order valence-corrected chi connectivity index (χ3v) is 5.61. The lowest BCUT2D eigenvalue weighted by atomic mass is 10.0. The first kappa shape index (κ1) is 20.8. The molecule has 0 amide bonds. The van der Waals surface area contributed by atoms with Crippen LogP contribution in [0.25, 0.3) is 22.2 Å². The molecule has 3 aromatic carbocycles. The summed E-state index contributed by atoms with van der Waals surface area (Å²) in [4.78, 5) is 3.61. The van der Waals surface area contributed by atoms with E-state index >= 15 is 0 Å². The molecule has 4 rings (SSSR count). The van der Waals surface area contributed by atoms with Crippen molar-refractivity contribution in [2.24, 2.45) is 0 Å². The number of hydrogen-bond acceptors (Lipinski definition) is 4. The molecule has 1 aromatic heterocycles. The van der Waals surface area contributed by atoms with Crippen LogP contribution in [-0.2, 0) is 12.8 Å². The Morgan fingerprint density at radius 1 is 0.839 bits per heavy atom. The third-order valence-electron chi connectivity index (χ3n) is 5.61. The molecule has 0 saturated carbocycles. The van der Waals surface area contributed by atoms with Gasteiger partial charge in [-0.05, 0) is 73.5 Å². The van der Waals surface area contributed by atoms with Gasteiger partial charge in [0.1, 0.15) is 0 Å². The van der Waals surface area contributed by atoms with Crippen LogP contribution in [0.15, 0.2) is 66.7 Å². The van der Waals surface area contributed by atoms with Crippen LogP contribution in [-0.4, -0.2) is 32.3 Å². The highest BCUT2D eigenvalue weighted by atomic mass is 16.5. The van der Waals surface area contributed by atoms with Crippen molar-refractivity contribution in [1.29, 1.82) is 0 Å². The Bertz CT molecular complexity index is 1150. The zero-order chi connectivity index (χ0) is 21.6. The van der Waals surface area contributed by atoms with Crippen LogP contribution in [0, 0.1) is 0 Å². The first-order chi connectivity index (χ1) is 15.2. The first-order valence-electron chi connectivity index (χ1n) is 10.6. The standard InChI is InChI=1S/C26H29N3O2/c1-30-24-12-9-19(17-25(24)31-2)26-22(21-5-3-4-6-23(21)29-26)14-16-28-15-13-18-7-10-20(27)11-8-18/h3-12,17,28-29H,13-16,27H2,1-2H3. The van der Waals surface area contributed by atoms with Gasteiger partial charge < -0.3 is 25.5 Å². The van der Waals surface area contributed by atoms with E-state index in [0.29, 0.717) is 0 Å². The summed E-state index contributed by atoms with van der Waals surface area (Å²) < 4.78 is 10.9. The number of nitrogen functional groups attached to an aromatic ring is 1. The molecule has 0 aliphatic carbocycles. The molecular formula is C26H29N3O2. The Balaban J connectivity index is 1.51. The van der Waals surface area contributed by atoms with Gasteiger partial charge in [0.15, 0.2) is 11.5 Å². The van der Waals surface area contributed by atoms with Crippen LogP contribution in [0.1, 0.15) is 11.1 Å². The van der Waals surface area contributed by atoms with Crippen LogP contribution in [0.5, 0.6) is 11.5 Å². The molecule has 4 aromatic rings. The molecule has 0 unspecified atom stereocenters. The van der Waals surface area contributed by atoms with Crippen LogP contribution < -0.4 is 20.5 Å². The molecule has 0 atom stereocenters. The molecule has 5 heteroatoms. The lowest BCUT2D eigenvalue weighted by Crippen LogP contribution is -2.20. The maximum atomic E-state index is 5.77. The second-order valence-electron chi connectivity index (χ2n) is 7.59. The predicted molar refractivity (Wildman–Crippen MR) is 128 cm³/mol. The summed E-state index contributed by atoms with van der Waals surface area (Å²) in [5, 5.41) is 4.84. The molecular weight excluding hydrogens is 386 g/mol. The van der Waals surface area contributed by atoms with E-state index in [1.165, 1.54) is 16.5 Å². The number of ether oxygens (including phenoxy) is 2. The molecule has 0 aliphatic heterocycles. The van der Waals surface area contributed by atoms with Crippen LogP contribution in [0.2, 0.25) is 0 Å². The van der Waals surface area contributed by atoms with Gasteiger partial charge in [-0.15, -0.1) is 0 Å². The monoisotopic (exact) mass is 415 g/mol. The maximum Gasteiger partial charge on any atom is 0.161 e. The number of anilines is 1. The molecule has 0 saturated heterocycles. The number of methoxy groups -OCH3 is 2. The third kappa shape index (κ3) is 4.67. The van der Waals surface area contributed by atoms with E-state index in [-0.39, 0.29) is 0 Å². The fourth-order valence-corrected chi connectivity index (χ4v) is 3.95. The largest absolute Gasteiger partial charge is 0.493 e. The van der Waals surface area contributed by atoms with Crippen molar-refractivity contribution in [1.82, 2.24) is 10.3 Å². The van der Waals surface area contributed by atoms with Gasteiger partial charge >= 0.3 is 0 Å². The van der Waals surface area contributed by atoms with E-state index in [9.17, 15) is 0 Å². The summed E-state index contributed by atoms with van der Waals surface area (Å²) in [7, 11) is 3.32. The number of H-pyrrole nitrogens is 1. The highest BCUT2D eigenvalue weighted by molar-refractivity contribution is 5.91. The van der Waals surface area contributed by atoms with Crippen LogP contribution in [0.4, 0.5) is 5.69 Å². The lowest BCUT2D eigenvalue weighted by molar-refractivity contribution is 0.355. The average molecular weight is 416 g/mol. The Labute approximate surface area is 183 Å². The van der Waals surface area contributed by atoms with Crippen molar-refractivity contribution in [2.75, 3.05) is 33.0 Å². The van der Waals surface area contributed by atoms with E-state index in [1.807, 2.05) is 24.3 Å². The second-order valence-corrected chi connectivity index (χ2v) is 7.59. The predicted octanol–water partition coefficient (Wildman–Crippen LogP) is 4.81. The Kier molecular flexibility index (Phi) is 6.43. The minimum absolute atomic E-state index is 0.728. The van der Waals surface area contributed by atoms with E-state index in [4.69, 9.17) is 15.2 Å². The molecule has 160 valence electrons. The molecule has 0 aliphatic rings. The number of para-hydroxylation sites is 1. The Morgan fingerprint density at radius 3 is 2.35 bits per heavy atom. The average Bonchev–Trinajstić information content (AvgIpc) is 3.18. The van der Waals surface area contributed by atoms with Gasteiger partial charge in [0.25, 0.3) is 0 Å². The van der Waals surface area contributed by atoms with Gasteiger partial charge in [0, 0.05) is 27.8 Å². The first-order valence-corrected chi connectivity index (χ1v) is 10.6. The summed E-state index contributed by atoms with van der Waals surface area (Å²) in [6, 6.07) is 22.6. The highest BCUT2D eigenvalue weighted by Gasteiger charge is 2.15. The van der Waals surface area contributed by atoms with Gasteiger partial charge in [-0.3, -0.25) is 0 Å². The molecule has 0 bridgehead atoms. The SMILES string of the molecule is COc1ccc(-c2[nH]c3ccccc3c2CCNCCc2ccc(N)cc2)cc1OC. The van der Waals surface area contributed by atoms with E-state index in [1.54, 1.807) is 14.2 Å². The maximum absolute atomic E-state index is 5.77. The van der Waals surface area contributed by atoms with Crippen molar-refractivity contribution in [3.8, 4) is 22.8 Å². The van der Waals surface area contributed by atoms with E-state index in [0.717, 1.165) is 59.9 Å². The summed E-state index contributed by atoms with van der Waals surface area (Å²) in [5.74, 6) is 1.46. The Morgan fingerprint density at radius 2 is 1.58 bits per heavy atom. The number of nitrogens with two attached hydrogens (primary N) is 1. The lowest BCUT2D eigenvalue weighted by Gasteiger charge is -2.11. The molecule has 0 spiro atoms. The van der Waals surface area contributed by atoms with Crippen molar-refractivity contribution >= 4 is 16.6 Å². The number of aromatic amines is 1. The number of benzene rings is 3. The minimum Gasteiger partial charge on any atom is -0.493 e. The minimum atomic E-state index is 0.728. The van der Waals surface area contributed by atoms with Crippen molar-refractivity contribution in [2.45, 2.75) is 12.8 Å². The summed E-state index contributed by atoms with van der Waals surface area (Å²) in [6.45, 7) is 1.83.